The molecule has 1 aliphatic heterocycles. The molecule has 0 bridgehead atoms. The van der Waals surface area contributed by atoms with Crippen molar-refractivity contribution in [2.75, 3.05) is 13.7 Å². The summed E-state index contributed by atoms with van der Waals surface area (Å²) in [5.41, 5.74) is -0.304. The maximum atomic E-state index is 11.6. The molecule has 1 saturated heterocycles. The van der Waals surface area contributed by atoms with Crippen molar-refractivity contribution >= 4 is 5.78 Å². The first-order valence-electron chi connectivity index (χ1n) is 5.12. The van der Waals surface area contributed by atoms with E-state index in [0.717, 1.165) is 6.42 Å². The second-order valence-corrected chi connectivity index (χ2v) is 5.10. The molecule has 2 atom stereocenters. The molecule has 1 fully saturated rings. The largest absolute Gasteiger partial charge is 0.382 e. The van der Waals surface area contributed by atoms with E-state index in [4.69, 9.17) is 4.74 Å². The molecule has 0 aromatic heterocycles. The summed E-state index contributed by atoms with van der Waals surface area (Å²) in [7, 11) is 1.64. The summed E-state index contributed by atoms with van der Waals surface area (Å²) in [6.07, 6.45) is 0.852. The molecule has 0 spiro atoms. The van der Waals surface area contributed by atoms with Crippen LogP contribution in [0.2, 0.25) is 0 Å². The topological polar surface area (TPSA) is 38.3 Å². The average molecular weight is 199 g/mol. The lowest BCUT2D eigenvalue weighted by Gasteiger charge is -2.26. The Balaban J connectivity index is 2.89. The van der Waals surface area contributed by atoms with Crippen LogP contribution in [0.5, 0.6) is 0 Å². The molecule has 0 amide bonds. The van der Waals surface area contributed by atoms with E-state index in [0.29, 0.717) is 12.6 Å². The molecule has 2 unspecified atom stereocenters. The van der Waals surface area contributed by atoms with Crippen LogP contribution in [0.1, 0.15) is 34.1 Å². The highest BCUT2D eigenvalue weighted by Gasteiger charge is 2.50. The minimum Gasteiger partial charge on any atom is -0.382 e. The molecule has 3 nitrogen and oxygen atoms in total. The molecule has 1 rings (SSSR count). The van der Waals surface area contributed by atoms with Crippen molar-refractivity contribution in [1.29, 1.82) is 0 Å². The van der Waals surface area contributed by atoms with Gasteiger partial charge >= 0.3 is 0 Å². The Morgan fingerprint density at radius 3 is 2.43 bits per heavy atom. The molecule has 1 N–H and O–H groups in total. The van der Waals surface area contributed by atoms with Crippen molar-refractivity contribution in [3.63, 3.8) is 0 Å². The van der Waals surface area contributed by atoms with Gasteiger partial charge in [-0.2, -0.15) is 0 Å². The first-order valence-corrected chi connectivity index (χ1v) is 5.12. The summed E-state index contributed by atoms with van der Waals surface area (Å²) in [6.45, 7) is 8.60. The normalized spacial score (nSPS) is 35.9. The summed E-state index contributed by atoms with van der Waals surface area (Å²) < 4.78 is 5.15. The van der Waals surface area contributed by atoms with Gasteiger partial charge in [-0.05, 0) is 25.7 Å². The molecule has 0 radical (unpaired) electrons. The molecular weight excluding hydrogens is 178 g/mol. The van der Waals surface area contributed by atoms with Crippen molar-refractivity contribution in [3.05, 3.63) is 0 Å². The lowest BCUT2D eigenvalue weighted by Crippen LogP contribution is -2.51. The van der Waals surface area contributed by atoms with Crippen LogP contribution in [-0.4, -0.2) is 31.1 Å². The van der Waals surface area contributed by atoms with Crippen LogP contribution >= 0.6 is 0 Å². The van der Waals surface area contributed by atoms with Gasteiger partial charge in [0.05, 0.1) is 6.61 Å². The number of hydrogen-bond donors (Lipinski definition) is 1. The summed E-state index contributed by atoms with van der Waals surface area (Å²) in [5, 5.41) is 3.38. The number of ketones is 1. The zero-order valence-corrected chi connectivity index (χ0v) is 9.81. The van der Waals surface area contributed by atoms with Gasteiger partial charge in [0.15, 0.2) is 5.78 Å². The molecule has 14 heavy (non-hydrogen) atoms. The van der Waals surface area contributed by atoms with Crippen molar-refractivity contribution in [3.8, 4) is 0 Å². The Morgan fingerprint density at radius 1 is 1.57 bits per heavy atom. The van der Waals surface area contributed by atoms with Crippen LogP contribution in [0.25, 0.3) is 0 Å². The van der Waals surface area contributed by atoms with Gasteiger partial charge in [-0.1, -0.05) is 13.8 Å². The van der Waals surface area contributed by atoms with Gasteiger partial charge < -0.3 is 4.74 Å². The molecule has 0 aromatic carbocycles. The Bertz CT molecular complexity index is 237. The number of ether oxygens (including phenoxy) is 1. The highest BCUT2D eigenvalue weighted by Crippen LogP contribution is 2.39. The highest BCUT2D eigenvalue weighted by atomic mass is 16.5. The minimum atomic E-state index is -0.461. The van der Waals surface area contributed by atoms with E-state index in [1.807, 2.05) is 0 Å². The summed E-state index contributed by atoms with van der Waals surface area (Å²) >= 11 is 0. The van der Waals surface area contributed by atoms with Crippen LogP contribution in [0.15, 0.2) is 0 Å². The maximum Gasteiger partial charge on any atom is 0.152 e. The third-order valence-electron chi connectivity index (χ3n) is 3.49. The van der Waals surface area contributed by atoms with Crippen LogP contribution in [0.3, 0.4) is 0 Å². The smallest absolute Gasteiger partial charge is 0.152 e. The van der Waals surface area contributed by atoms with Crippen molar-refractivity contribution in [1.82, 2.24) is 5.32 Å². The summed E-state index contributed by atoms with van der Waals surface area (Å²) in [4.78, 5) is 11.6. The van der Waals surface area contributed by atoms with E-state index in [9.17, 15) is 4.79 Å². The molecule has 1 heterocycles. The van der Waals surface area contributed by atoms with E-state index < -0.39 is 5.54 Å². The number of methoxy groups -OCH3 is 1. The van der Waals surface area contributed by atoms with Crippen molar-refractivity contribution < 1.29 is 9.53 Å². The zero-order valence-electron chi connectivity index (χ0n) is 9.81. The number of carbonyl (C=O) groups excluding carboxylic acids is 1. The van der Waals surface area contributed by atoms with E-state index in [1.54, 1.807) is 14.0 Å². The van der Waals surface area contributed by atoms with Gasteiger partial charge in [0.1, 0.15) is 5.54 Å². The Hall–Kier alpha value is -0.410. The predicted molar refractivity (Wildman–Crippen MR) is 56.3 cm³/mol. The third kappa shape index (κ3) is 1.84. The Kier molecular flexibility index (Phi) is 3.02. The number of Topliss-reactive ketones (excluding diaryl/α,β-unsaturated/α-hetero) is 1. The van der Waals surface area contributed by atoms with E-state index in [1.165, 1.54) is 0 Å². The fourth-order valence-corrected chi connectivity index (χ4v) is 2.26. The van der Waals surface area contributed by atoms with E-state index in [-0.39, 0.29) is 11.2 Å². The van der Waals surface area contributed by atoms with E-state index in [2.05, 4.69) is 26.1 Å². The van der Waals surface area contributed by atoms with Gasteiger partial charge in [-0.25, -0.2) is 0 Å². The fraction of sp³-hybridized carbons (Fsp3) is 0.909. The molecule has 0 saturated carbocycles. The SMILES string of the molecule is COCC1(C(C)=O)CC(C)(C)C(C)N1. The molecule has 0 aromatic rings. The van der Waals surface area contributed by atoms with E-state index >= 15 is 0 Å². The van der Waals surface area contributed by atoms with Crippen LogP contribution < -0.4 is 5.32 Å². The molecule has 3 heteroatoms. The van der Waals surface area contributed by atoms with Gasteiger partial charge in [0.2, 0.25) is 0 Å². The highest BCUT2D eigenvalue weighted by molar-refractivity contribution is 5.87. The molecule has 1 aliphatic rings. The maximum absolute atomic E-state index is 11.6. The lowest BCUT2D eigenvalue weighted by molar-refractivity contribution is -0.125. The average Bonchev–Trinajstić information content (AvgIpc) is 2.24. The van der Waals surface area contributed by atoms with Gasteiger partial charge in [0.25, 0.3) is 0 Å². The van der Waals surface area contributed by atoms with Gasteiger partial charge in [-0.3, -0.25) is 10.1 Å². The monoisotopic (exact) mass is 199 g/mol. The zero-order chi connectivity index (χ0) is 11.0. The number of rotatable bonds is 3. The minimum absolute atomic E-state index is 0.157. The van der Waals surface area contributed by atoms with Gasteiger partial charge in [0, 0.05) is 13.2 Å². The predicted octanol–water partition coefficient (Wildman–Crippen LogP) is 1.37. The van der Waals surface area contributed by atoms with Crippen LogP contribution in [-0.2, 0) is 9.53 Å². The van der Waals surface area contributed by atoms with Gasteiger partial charge in [-0.15, -0.1) is 0 Å². The second-order valence-electron chi connectivity index (χ2n) is 5.10. The summed E-state index contributed by atoms with van der Waals surface area (Å²) in [5.74, 6) is 0.178. The summed E-state index contributed by atoms with van der Waals surface area (Å²) in [6, 6.07) is 0.349. The first-order chi connectivity index (χ1) is 6.34. The number of nitrogens with one attached hydrogen (secondary N) is 1. The van der Waals surface area contributed by atoms with Crippen molar-refractivity contribution in [2.24, 2.45) is 5.41 Å². The Labute approximate surface area is 86.2 Å². The molecule has 82 valence electrons. The van der Waals surface area contributed by atoms with Crippen LogP contribution in [0, 0.1) is 5.41 Å². The molecular formula is C11H21NO2. The Morgan fingerprint density at radius 2 is 2.14 bits per heavy atom. The fourth-order valence-electron chi connectivity index (χ4n) is 2.26. The first kappa shape index (κ1) is 11.7. The number of carbonyl (C=O) groups is 1. The lowest BCUT2D eigenvalue weighted by atomic mass is 9.79. The second kappa shape index (κ2) is 3.63. The van der Waals surface area contributed by atoms with Crippen LogP contribution in [0.4, 0.5) is 0 Å². The third-order valence-corrected chi connectivity index (χ3v) is 3.49. The quantitative estimate of drug-likeness (QED) is 0.746. The molecule has 0 aliphatic carbocycles. The van der Waals surface area contributed by atoms with Crippen molar-refractivity contribution in [2.45, 2.75) is 45.7 Å². The number of hydrogen-bond acceptors (Lipinski definition) is 3. The standard InChI is InChI=1S/C11H21NO2/c1-8-10(3,4)6-11(12-8,7-14-5)9(2)13/h8,12H,6-7H2,1-5H3.